The van der Waals surface area contributed by atoms with E-state index in [1.54, 1.807) is 24.3 Å². The van der Waals surface area contributed by atoms with Gasteiger partial charge in [-0.1, -0.05) is 24.3 Å². The smallest absolute Gasteiger partial charge is 0.335 e. The summed E-state index contributed by atoms with van der Waals surface area (Å²) in [6.07, 6.45) is 0. The number of carboxylic acids is 1. The monoisotopic (exact) mass is 259 g/mol. The standard InChI is InChI=1S/C7H7NO.C7H6O3/c8-7(9)6-4-2-1-3-5-6;8-6-3-1-2-5(4-6)7(9)10/h1-5H,(H2,8,9);1-4,8H,(H,9,10). The molecule has 0 atom stereocenters. The Morgan fingerprint density at radius 3 is 1.84 bits per heavy atom. The average Bonchev–Trinajstić information content (AvgIpc) is 2.40. The van der Waals surface area contributed by atoms with Crippen molar-refractivity contribution in [3.8, 4) is 5.75 Å². The minimum absolute atomic E-state index is 0.0279. The molecule has 0 unspecified atom stereocenters. The molecule has 2 aromatic carbocycles. The fourth-order valence-electron chi connectivity index (χ4n) is 1.24. The van der Waals surface area contributed by atoms with Crippen LogP contribution in [0, 0.1) is 0 Å². The van der Waals surface area contributed by atoms with Gasteiger partial charge >= 0.3 is 5.97 Å². The molecule has 0 aliphatic rings. The largest absolute Gasteiger partial charge is 0.508 e. The van der Waals surface area contributed by atoms with Crippen molar-refractivity contribution in [2.75, 3.05) is 0 Å². The lowest BCUT2D eigenvalue weighted by Crippen LogP contribution is -2.09. The number of primary amides is 1. The second kappa shape index (κ2) is 6.80. The molecule has 98 valence electrons. The number of phenolic OH excluding ortho intramolecular Hbond substituents is 1. The molecule has 0 saturated heterocycles. The topological polar surface area (TPSA) is 101 Å². The molecule has 5 nitrogen and oxygen atoms in total. The molecule has 5 heteroatoms. The molecule has 1 amide bonds. The lowest BCUT2D eigenvalue weighted by Gasteiger charge is -1.92. The van der Waals surface area contributed by atoms with E-state index in [0.29, 0.717) is 5.56 Å². The first-order valence-corrected chi connectivity index (χ1v) is 5.38. The highest BCUT2D eigenvalue weighted by Crippen LogP contribution is 2.09. The van der Waals surface area contributed by atoms with Gasteiger partial charge in [0, 0.05) is 5.56 Å². The Kier molecular flexibility index (Phi) is 5.10. The summed E-state index contributed by atoms with van der Waals surface area (Å²) in [6.45, 7) is 0. The molecule has 0 spiro atoms. The van der Waals surface area contributed by atoms with Crippen molar-refractivity contribution in [3.05, 3.63) is 65.7 Å². The van der Waals surface area contributed by atoms with Gasteiger partial charge in [-0.15, -0.1) is 0 Å². The van der Waals surface area contributed by atoms with Crippen LogP contribution in [0.3, 0.4) is 0 Å². The molecule has 19 heavy (non-hydrogen) atoms. The van der Waals surface area contributed by atoms with E-state index >= 15 is 0 Å². The third-order valence-corrected chi connectivity index (χ3v) is 2.15. The quantitative estimate of drug-likeness (QED) is 0.766. The number of rotatable bonds is 2. The van der Waals surface area contributed by atoms with Gasteiger partial charge < -0.3 is 15.9 Å². The van der Waals surface area contributed by atoms with Crippen LogP contribution in [0.1, 0.15) is 20.7 Å². The SMILES string of the molecule is NC(=O)c1ccccc1.O=C(O)c1cccc(O)c1. The number of hydrogen-bond acceptors (Lipinski definition) is 3. The van der Waals surface area contributed by atoms with Crippen molar-refractivity contribution in [1.29, 1.82) is 0 Å². The van der Waals surface area contributed by atoms with E-state index in [1.807, 2.05) is 6.07 Å². The van der Waals surface area contributed by atoms with Crippen molar-refractivity contribution < 1.29 is 19.8 Å². The van der Waals surface area contributed by atoms with E-state index in [9.17, 15) is 9.59 Å². The maximum absolute atomic E-state index is 10.4. The molecule has 4 N–H and O–H groups in total. The van der Waals surface area contributed by atoms with Crippen LogP contribution in [0.25, 0.3) is 0 Å². The molecule has 0 bridgehead atoms. The van der Waals surface area contributed by atoms with Crippen LogP contribution in [0.15, 0.2) is 54.6 Å². The molecule has 0 saturated carbocycles. The molecule has 0 aliphatic heterocycles. The maximum Gasteiger partial charge on any atom is 0.335 e. The third-order valence-electron chi connectivity index (χ3n) is 2.15. The third kappa shape index (κ3) is 4.91. The maximum atomic E-state index is 10.4. The molecular weight excluding hydrogens is 246 g/mol. The summed E-state index contributed by atoms with van der Waals surface area (Å²) in [5.74, 6) is -1.44. The summed E-state index contributed by atoms with van der Waals surface area (Å²) in [5.41, 5.74) is 5.63. The predicted octanol–water partition coefficient (Wildman–Crippen LogP) is 1.88. The number of benzene rings is 2. The van der Waals surface area contributed by atoms with Gasteiger partial charge in [-0.3, -0.25) is 4.79 Å². The van der Waals surface area contributed by atoms with Crippen LogP contribution in [0.2, 0.25) is 0 Å². The van der Waals surface area contributed by atoms with Crippen LogP contribution in [0.4, 0.5) is 0 Å². The summed E-state index contributed by atoms with van der Waals surface area (Å²) in [5, 5.41) is 17.2. The van der Waals surface area contributed by atoms with E-state index in [0.717, 1.165) is 0 Å². The molecule has 2 aromatic rings. The highest BCUT2D eigenvalue weighted by Gasteiger charge is 2.00. The number of hydrogen-bond donors (Lipinski definition) is 3. The van der Waals surface area contributed by atoms with Crippen molar-refractivity contribution in [1.82, 2.24) is 0 Å². The lowest BCUT2D eigenvalue weighted by molar-refractivity contribution is 0.0696. The van der Waals surface area contributed by atoms with Gasteiger partial charge in [0.2, 0.25) is 5.91 Å². The number of carbonyl (C=O) groups is 2. The number of carbonyl (C=O) groups excluding carboxylic acids is 1. The van der Waals surface area contributed by atoms with E-state index in [1.165, 1.54) is 24.3 Å². The van der Waals surface area contributed by atoms with E-state index in [2.05, 4.69) is 0 Å². The Morgan fingerprint density at radius 2 is 1.47 bits per heavy atom. The summed E-state index contributed by atoms with van der Waals surface area (Å²) in [4.78, 5) is 20.7. The predicted molar refractivity (Wildman–Crippen MR) is 70.0 cm³/mol. The zero-order valence-electron chi connectivity index (χ0n) is 9.98. The van der Waals surface area contributed by atoms with E-state index < -0.39 is 5.97 Å². The fourth-order valence-corrected chi connectivity index (χ4v) is 1.24. The van der Waals surface area contributed by atoms with Crippen molar-refractivity contribution in [3.63, 3.8) is 0 Å². The first-order chi connectivity index (χ1) is 9.00. The number of aromatic hydroxyl groups is 1. The van der Waals surface area contributed by atoms with Crippen molar-refractivity contribution in [2.45, 2.75) is 0 Å². The van der Waals surface area contributed by atoms with Gasteiger partial charge in [0.25, 0.3) is 0 Å². The molecule has 0 heterocycles. The number of amides is 1. The fraction of sp³-hybridized carbons (Fsp3) is 0. The van der Waals surface area contributed by atoms with Crippen LogP contribution in [-0.2, 0) is 0 Å². The Bertz CT molecular complexity index is 567. The Labute approximate surface area is 109 Å². The minimum Gasteiger partial charge on any atom is -0.508 e. The van der Waals surface area contributed by atoms with Crippen LogP contribution in [0.5, 0.6) is 5.75 Å². The highest BCUT2D eigenvalue weighted by atomic mass is 16.4. The average molecular weight is 259 g/mol. The zero-order chi connectivity index (χ0) is 14.3. The Hall–Kier alpha value is -2.82. The zero-order valence-corrected chi connectivity index (χ0v) is 9.98. The Morgan fingerprint density at radius 1 is 0.895 bits per heavy atom. The van der Waals surface area contributed by atoms with E-state index in [-0.39, 0.29) is 17.2 Å². The molecular formula is C14H13NO4. The molecule has 0 fully saturated rings. The second-order valence-corrected chi connectivity index (χ2v) is 3.59. The van der Waals surface area contributed by atoms with Gasteiger partial charge in [-0.25, -0.2) is 4.79 Å². The van der Waals surface area contributed by atoms with Crippen LogP contribution < -0.4 is 5.73 Å². The van der Waals surface area contributed by atoms with Gasteiger partial charge in [0.1, 0.15) is 5.75 Å². The summed E-state index contributed by atoms with van der Waals surface area (Å²) in [6, 6.07) is 14.3. The first-order valence-electron chi connectivity index (χ1n) is 5.38. The van der Waals surface area contributed by atoms with Gasteiger partial charge in [0.05, 0.1) is 5.56 Å². The number of aromatic carboxylic acids is 1. The summed E-state index contributed by atoms with van der Waals surface area (Å²) >= 11 is 0. The number of nitrogens with two attached hydrogens (primary N) is 1. The Balaban J connectivity index is 0.000000191. The molecule has 0 radical (unpaired) electrons. The van der Waals surface area contributed by atoms with Gasteiger partial charge in [0.15, 0.2) is 0 Å². The highest BCUT2D eigenvalue weighted by molar-refractivity contribution is 5.92. The van der Waals surface area contributed by atoms with Gasteiger partial charge in [-0.2, -0.15) is 0 Å². The lowest BCUT2D eigenvalue weighted by atomic mass is 10.2. The van der Waals surface area contributed by atoms with E-state index in [4.69, 9.17) is 15.9 Å². The second-order valence-electron chi connectivity index (χ2n) is 3.59. The van der Waals surface area contributed by atoms with Crippen molar-refractivity contribution >= 4 is 11.9 Å². The summed E-state index contributed by atoms with van der Waals surface area (Å²) in [7, 11) is 0. The molecule has 2 rings (SSSR count). The summed E-state index contributed by atoms with van der Waals surface area (Å²) < 4.78 is 0. The first kappa shape index (κ1) is 14.2. The van der Waals surface area contributed by atoms with Crippen LogP contribution in [-0.4, -0.2) is 22.1 Å². The molecule has 0 aromatic heterocycles. The number of carboxylic acid groups (broad SMARTS) is 1. The van der Waals surface area contributed by atoms with Gasteiger partial charge in [-0.05, 0) is 30.3 Å². The number of phenols is 1. The van der Waals surface area contributed by atoms with Crippen molar-refractivity contribution in [2.24, 2.45) is 5.73 Å². The minimum atomic E-state index is -1.03. The molecule has 0 aliphatic carbocycles. The normalized spacial score (nSPS) is 9.05. The van der Waals surface area contributed by atoms with Crippen LogP contribution >= 0.6 is 0 Å².